The minimum Gasteiger partial charge on any atom is -0.406 e. The van der Waals surface area contributed by atoms with Crippen LogP contribution < -0.4 is 9.46 Å². The fraction of sp³-hybridized carbons (Fsp3) is 0.158. The summed E-state index contributed by atoms with van der Waals surface area (Å²) in [5, 5.41) is 7.47. The normalized spacial score (nSPS) is 12.4. The zero-order chi connectivity index (χ0) is 23.6. The minimum atomic E-state index is -4.88. The summed E-state index contributed by atoms with van der Waals surface area (Å²) in [7, 11) is -7.53. The maximum atomic E-state index is 12.5. The number of sulfonamides is 1. The quantitative estimate of drug-likeness (QED) is 0.541. The van der Waals surface area contributed by atoms with Crippen LogP contribution in [0.3, 0.4) is 0 Å². The van der Waals surface area contributed by atoms with Gasteiger partial charge in [-0.05, 0) is 48.5 Å². The highest BCUT2D eigenvalue weighted by molar-refractivity contribution is 7.92. The number of ether oxygens (including phenoxy) is 1. The van der Waals surface area contributed by atoms with Crippen molar-refractivity contribution in [1.82, 2.24) is 10.2 Å². The topological polar surface area (TPSA) is 115 Å². The summed E-state index contributed by atoms with van der Waals surface area (Å²) in [6, 6.07) is 12.6. The van der Waals surface area contributed by atoms with Crippen LogP contribution in [0.15, 0.2) is 70.6 Å². The molecule has 1 aromatic heterocycles. The van der Waals surface area contributed by atoms with E-state index < -0.39 is 32.0 Å². The summed E-state index contributed by atoms with van der Waals surface area (Å²) in [6.07, 6.45) is -4.88. The number of benzene rings is 2. The highest BCUT2D eigenvalue weighted by Gasteiger charge is 2.31. The van der Waals surface area contributed by atoms with Crippen LogP contribution in [0, 0.1) is 0 Å². The molecule has 0 atom stereocenters. The molecule has 3 aromatic rings. The van der Waals surface area contributed by atoms with Gasteiger partial charge in [0.1, 0.15) is 5.75 Å². The Labute approximate surface area is 182 Å². The smallest absolute Gasteiger partial charge is 0.406 e. The first-order valence-corrected chi connectivity index (χ1v) is 12.1. The van der Waals surface area contributed by atoms with E-state index in [-0.39, 0.29) is 21.4 Å². The molecule has 0 unspecified atom stereocenters. The monoisotopic (exact) mass is 487 g/mol. The highest BCUT2D eigenvalue weighted by atomic mass is 32.2. The molecule has 32 heavy (non-hydrogen) atoms. The van der Waals surface area contributed by atoms with Crippen molar-refractivity contribution in [2.45, 2.75) is 23.2 Å². The van der Waals surface area contributed by atoms with Gasteiger partial charge in [0.25, 0.3) is 10.0 Å². The van der Waals surface area contributed by atoms with E-state index in [1.54, 1.807) is 12.1 Å². The van der Waals surface area contributed by atoms with E-state index >= 15 is 0 Å². The van der Waals surface area contributed by atoms with Gasteiger partial charge < -0.3 is 4.74 Å². The van der Waals surface area contributed by atoms with Crippen molar-refractivity contribution >= 4 is 25.5 Å². The van der Waals surface area contributed by atoms with Gasteiger partial charge in [0, 0.05) is 11.3 Å². The lowest BCUT2D eigenvalue weighted by atomic mass is 10.1. The Hall–Kier alpha value is -3.19. The molecule has 0 spiro atoms. The predicted octanol–water partition coefficient (Wildman–Crippen LogP) is 3.64. The van der Waals surface area contributed by atoms with E-state index in [0.29, 0.717) is 11.3 Å². The third kappa shape index (κ3) is 5.73. The van der Waals surface area contributed by atoms with Crippen molar-refractivity contribution in [3.63, 3.8) is 0 Å². The molecule has 0 aliphatic rings. The van der Waals surface area contributed by atoms with E-state index in [1.807, 2.05) is 0 Å². The molecule has 1 heterocycles. The standard InChI is InChI=1S/C19H16F3N3O5S2/c1-2-31(26,27)18-12-11-17(23-24-18)13-3-5-14(6-4-13)25-32(28,29)16-9-7-15(8-10-16)30-19(20,21)22/h3-12,25H,2H2,1H3. The number of aromatic nitrogens is 2. The minimum absolute atomic E-state index is 0.103. The van der Waals surface area contributed by atoms with E-state index in [0.717, 1.165) is 24.3 Å². The third-order valence-electron chi connectivity index (χ3n) is 4.14. The Morgan fingerprint density at radius 3 is 2.00 bits per heavy atom. The Bertz CT molecular complexity index is 1290. The number of hydrogen-bond acceptors (Lipinski definition) is 7. The number of hydrogen-bond donors (Lipinski definition) is 1. The average Bonchev–Trinajstić information content (AvgIpc) is 2.73. The van der Waals surface area contributed by atoms with Gasteiger partial charge in [0.05, 0.1) is 16.3 Å². The van der Waals surface area contributed by atoms with E-state index in [9.17, 15) is 30.0 Å². The van der Waals surface area contributed by atoms with Crippen LogP contribution in [0.4, 0.5) is 18.9 Å². The fourth-order valence-electron chi connectivity index (χ4n) is 2.53. The second-order valence-corrected chi connectivity index (χ2v) is 10.3. The Balaban J connectivity index is 1.73. The lowest BCUT2D eigenvalue weighted by Gasteiger charge is -2.11. The van der Waals surface area contributed by atoms with E-state index in [4.69, 9.17) is 0 Å². The molecule has 2 aromatic carbocycles. The summed E-state index contributed by atoms with van der Waals surface area (Å²) < 4.78 is 91.2. The maximum Gasteiger partial charge on any atom is 0.573 e. The first kappa shape index (κ1) is 23.5. The zero-order valence-electron chi connectivity index (χ0n) is 16.4. The Kier molecular flexibility index (Phi) is 6.41. The zero-order valence-corrected chi connectivity index (χ0v) is 18.0. The fourth-order valence-corrected chi connectivity index (χ4v) is 4.33. The molecule has 170 valence electrons. The molecule has 0 fully saturated rings. The van der Waals surface area contributed by atoms with Crippen LogP contribution in [-0.4, -0.2) is 39.1 Å². The molecule has 0 amide bonds. The van der Waals surface area contributed by atoms with Crippen molar-refractivity contribution in [3.8, 4) is 17.0 Å². The first-order valence-electron chi connectivity index (χ1n) is 8.95. The van der Waals surface area contributed by atoms with Gasteiger partial charge in [-0.15, -0.1) is 23.4 Å². The molecule has 0 aliphatic heterocycles. The van der Waals surface area contributed by atoms with Crippen molar-refractivity contribution < 1.29 is 34.7 Å². The van der Waals surface area contributed by atoms with Gasteiger partial charge in [-0.1, -0.05) is 19.1 Å². The predicted molar refractivity (Wildman–Crippen MR) is 109 cm³/mol. The third-order valence-corrected chi connectivity index (χ3v) is 7.15. The molecule has 0 saturated carbocycles. The van der Waals surface area contributed by atoms with Gasteiger partial charge in [-0.2, -0.15) is 0 Å². The second-order valence-electron chi connectivity index (χ2n) is 6.36. The molecule has 1 N–H and O–H groups in total. The van der Waals surface area contributed by atoms with Crippen LogP contribution >= 0.6 is 0 Å². The average molecular weight is 487 g/mol. The number of anilines is 1. The van der Waals surface area contributed by atoms with Gasteiger partial charge in [-0.25, -0.2) is 16.8 Å². The maximum absolute atomic E-state index is 12.5. The number of rotatable bonds is 7. The first-order chi connectivity index (χ1) is 14.9. The van der Waals surface area contributed by atoms with Crippen LogP contribution in [0.5, 0.6) is 5.75 Å². The largest absolute Gasteiger partial charge is 0.573 e. The summed E-state index contributed by atoms with van der Waals surface area (Å²) in [5.74, 6) is -0.645. The van der Waals surface area contributed by atoms with Crippen molar-refractivity contribution in [2.75, 3.05) is 10.5 Å². The van der Waals surface area contributed by atoms with Gasteiger partial charge in [0.2, 0.25) is 0 Å². The van der Waals surface area contributed by atoms with E-state index in [2.05, 4.69) is 19.7 Å². The summed E-state index contributed by atoms with van der Waals surface area (Å²) in [6.45, 7) is 1.50. The number of nitrogens with zero attached hydrogens (tertiary/aromatic N) is 2. The summed E-state index contributed by atoms with van der Waals surface area (Å²) in [5.41, 5.74) is 1.15. The molecule has 0 aliphatic carbocycles. The van der Waals surface area contributed by atoms with Crippen LogP contribution in [-0.2, 0) is 19.9 Å². The summed E-state index contributed by atoms with van der Waals surface area (Å²) in [4.78, 5) is -0.255. The summed E-state index contributed by atoms with van der Waals surface area (Å²) >= 11 is 0. The number of sulfone groups is 1. The van der Waals surface area contributed by atoms with Crippen LogP contribution in [0.2, 0.25) is 0 Å². The van der Waals surface area contributed by atoms with Gasteiger partial charge in [-0.3, -0.25) is 4.72 Å². The van der Waals surface area contributed by atoms with Crippen molar-refractivity contribution in [2.24, 2.45) is 0 Å². The lowest BCUT2D eigenvalue weighted by Crippen LogP contribution is -2.17. The number of halogens is 3. The van der Waals surface area contributed by atoms with Crippen molar-refractivity contribution in [1.29, 1.82) is 0 Å². The molecule has 8 nitrogen and oxygen atoms in total. The van der Waals surface area contributed by atoms with Gasteiger partial charge >= 0.3 is 6.36 Å². The molecule has 13 heteroatoms. The van der Waals surface area contributed by atoms with Crippen molar-refractivity contribution in [3.05, 3.63) is 60.7 Å². The molecule has 3 rings (SSSR count). The second kappa shape index (κ2) is 8.74. The van der Waals surface area contributed by atoms with E-state index in [1.165, 1.54) is 31.2 Å². The van der Waals surface area contributed by atoms with Gasteiger partial charge in [0.15, 0.2) is 14.9 Å². The lowest BCUT2D eigenvalue weighted by molar-refractivity contribution is -0.274. The molecule has 0 bridgehead atoms. The molecule has 0 radical (unpaired) electrons. The van der Waals surface area contributed by atoms with Crippen LogP contribution in [0.25, 0.3) is 11.3 Å². The molecular weight excluding hydrogens is 471 g/mol. The molecular formula is C19H16F3N3O5S2. The number of nitrogens with one attached hydrogen (secondary N) is 1. The SMILES string of the molecule is CCS(=O)(=O)c1ccc(-c2ccc(NS(=O)(=O)c3ccc(OC(F)(F)F)cc3)cc2)nn1. The highest BCUT2D eigenvalue weighted by Crippen LogP contribution is 2.25. The molecule has 0 saturated heterocycles. The van der Waals surface area contributed by atoms with Crippen LogP contribution in [0.1, 0.15) is 6.92 Å². The Morgan fingerprint density at radius 2 is 1.50 bits per heavy atom. The number of alkyl halides is 3. The Morgan fingerprint density at radius 1 is 0.875 bits per heavy atom.